The maximum Gasteiger partial charge on any atom is 0.120 e. The molecule has 0 heterocycles. The monoisotopic (exact) mass is 219 g/mol. The smallest absolute Gasteiger partial charge is 0.120 e. The molecule has 0 saturated heterocycles. The van der Waals surface area contributed by atoms with E-state index < -0.39 is 0 Å². The van der Waals surface area contributed by atoms with Crippen molar-refractivity contribution in [1.82, 2.24) is 5.32 Å². The van der Waals surface area contributed by atoms with Crippen LogP contribution in [0.2, 0.25) is 0 Å². The van der Waals surface area contributed by atoms with Gasteiger partial charge in [0.1, 0.15) is 11.9 Å². The Bertz CT molecular complexity index is 333. The zero-order valence-electron chi connectivity index (χ0n) is 10.2. The number of hydrogen-bond acceptors (Lipinski definition) is 2. The molecule has 1 aromatic rings. The topological polar surface area (TPSA) is 21.3 Å². The average molecular weight is 219 g/mol. The summed E-state index contributed by atoms with van der Waals surface area (Å²) in [4.78, 5) is 0. The highest BCUT2D eigenvalue weighted by molar-refractivity contribution is 5.27. The zero-order chi connectivity index (χ0) is 11.4. The minimum atomic E-state index is 0.238. The normalized spacial score (nSPS) is 17.9. The lowest BCUT2D eigenvalue weighted by Gasteiger charge is -2.28. The third kappa shape index (κ3) is 3.24. The number of nitrogens with one attached hydrogen (secondary N) is 1. The summed E-state index contributed by atoms with van der Waals surface area (Å²) in [5.41, 5.74) is 1.25. The van der Waals surface area contributed by atoms with Gasteiger partial charge in [-0.2, -0.15) is 0 Å². The Labute approximate surface area is 98.0 Å². The quantitative estimate of drug-likeness (QED) is 0.822. The third-order valence-corrected chi connectivity index (χ3v) is 3.13. The van der Waals surface area contributed by atoms with Crippen molar-refractivity contribution in [2.45, 2.75) is 45.3 Å². The molecule has 0 bridgehead atoms. The van der Waals surface area contributed by atoms with Gasteiger partial charge in [0.15, 0.2) is 0 Å². The second-order valence-corrected chi connectivity index (χ2v) is 4.78. The highest BCUT2D eigenvalue weighted by Crippen LogP contribution is 2.18. The Balaban J connectivity index is 1.75. The lowest BCUT2D eigenvalue weighted by Crippen LogP contribution is -2.40. The minimum absolute atomic E-state index is 0.238. The molecule has 1 unspecified atom stereocenters. The Morgan fingerprint density at radius 3 is 2.88 bits per heavy atom. The number of benzene rings is 1. The van der Waals surface area contributed by atoms with Crippen molar-refractivity contribution in [3.8, 4) is 5.75 Å². The Hall–Kier alpha value is -1.02. The molecule has 16 heavy (non-hydrogen) atoms. The van der Waals surface area contributed by atoms with Crippen molar-refractivity contribution in [1.29, 1.82) is 0 Å². The van der Waals surface area contributed by atoms with Gasteiger partial charge in [-0.25, -0.2) is 0 Å². The molecular weight excluding hydrogens is 198 g/mol. The molecular formula is C14H21NO. The van der Waals surface area contributed by atoms with Crippen molar-refractivity contribution < 1.29 is 4.74 Å². The summed E-state index contributed by atoms with van der Waals surface area (Å²) in [7, 11) is 0. The highest BCUT2D eigenvalue weighted by Gasteiger charge is 2.17. The fourth-order valence-electron chi connectivity index (χ4n) is 1.91. The Kier molecular flexibility index (Phi) is 3.83. The van der Waals surface area contributed by atoms with Crippen LogP contribution in [0.5, 0.6) is 5.75 Å². The van der Waals surface area contributed by atoms with E-state index in [-0.39, 0.29) is 6.10 Å². The first-order valence-electron chi connectivity index (χ1n) is 6.21. The number of hydrogen-bond donors (Lipinski definition) is 1. The molecule has 2 rings (SSSR count). The van der Waals surface area contributed by atoms with Gasteiger partial charge in [0, 0.05) is 12.6 Å². The van der Waals surface area contributed by atoms with E-state index in [2.05, 4.69) is 31.3 Å². The summed E-state index contributed by atoms with van der Waals surface area (Å²) < 4.78 is 5.85. The van der Waals surface area contributed by atoms with Gasteiger partial charge in [-0.3, -0.25) is 0 Å². The molecule has 0 spiro atoms. The first-order valence-corrected chi connectivity index (χ1v) is 6.21. The van der Waals surface area contributed by atoms with E-state index in [0.717, 1.165) is 18.3 Å². The fourth-order valence-corrected chi connectivity index (χ4v) is 1.91. The molecule has 2 heteroatoms. The second kappa shape index (κ2) is 5.35. The third-order valence-electron chi connectivity index (χ3n) is 3.13. The minimum Gasteiger partial charge on any atom is -0.489 e. The molecule has 1 aliphatic carbocycles. The van der Waals surface area contributed by atoms with Gasteiger partial charge in [0.25, 0.3) is 0 Å². The number of rotatable bonds is 5. The molecule has 0 aliphatic heterocycles. The fraction of sp³-hybridized carbons (Fsp3) is 0.571. The molecule has 88 valence electrons. The molecule has 1 aromatic carbocycles. The maximum absolute atomic E-state index is 5.85. The van der Waals surface area contributed by atoms with Crippen LogP contribution >= 0.6 is 0 Å². The molecule has 1 saturated carbocycles. The summed E-state index contributed by atoms with van der Waals surface area (Å²) in [6.07, 6.45) is 4.28. The molecule has 0 aromatic heterocycles. The van der Waals surface area contributed by atoms with Gasteiger partial charge in [0.2, 0.25) is 0 Å². The van der Waals surface area contributed by atoms with Gasteiger partial charge in [-0.15, -0.1) is 0 Å². The molecule has 1 aliphatic rings. The molecule has 1 fully saturated rings. The molecule has 2 nitrogen and oxygen atoms in total. The van der Waals surface area contributed by atoms with E-state index in [1.165, 1.54) is 24.8 Å². The van der Waals surface area contributed by atoms with Gasteiger partial charge >= 0.3 is 0 Å². The van der Waals surface area contributed by atoms with Crippen molar-refractivity contribution in [2.24, 2.45) is 0 Å². The largest absolute Gasteiger partial charge is 0.489 e. The molecule has 0 radical (unpaired) electrons. The zero-order valence-corrected chi connectivity index (χ0v) is 10.2. The van der Waals surface area contributed by atoms with Crippen LogP contribution in [0, 0.1) is 6.92 Å². The average Bonchev–Trinajstić information content (AvgIpc) is 2.15. The predicted octanol–water partition coefficient (Wildman–Crippen LogP) is 2.90. The van der Waals surface area contributed by atoms with Crippen molar-refractivity contribution in [3.05, 3.63) is 29.8 Å². The first-order chi connectivity index (χ1) is 7.74. The van der Waals surface area contributed by atoms with E-state index in [4.69, 9.17) is 4.74 Å². The lowest BCUT2D eigenvalue weighted by molar-refractivity contribution is 0.199. The van der Waals surface area contributed by atoms with E-state index in [9.17, 15) is 0 Å². The molecule has 1 atom stereocenters. The first kappa shape index (κ1) is 11.5. The molecule has 1 N–H and O–H groups in total. The summed E-state index contributed by atoms with van der Waals surface area (Å²) in [5.74, 6) is 0.975. The van der Waals surface area contributed by atoms with Crippen LogP contribution < -0.4 is 10.1 Å². The van der Waals surface area contributed by atoms with Crippen molar-refractivity contribution in [2.75, 3.05) is 6.54 Å². The van der Waals surface area contributed by atoms with E-state index in [0.29, 0.717) is 0 Å². The second-order valence-electron chi connectivity index (χ2n) is 4.78. The lowest BCUT2D eigenvalue weighted by atomic mass is 9.93. The molecule has 0 amide bonds. The van der Waals surface area contributed by atoms with Crippen LogP contribution in [-0.2, 0) is 0 Å². The van der Waals surface area contributed by atoms with Gasteiger partial charge in [-0.1, -0.05) is 18.6 Å². The SMILES string of the molecule is Cc1cccc(OC(C)CNC2CCC2)c1. The van der Waals surface area contributed by atoms with Gasteiger partial charge in [-0.05, 0) is 44.4 Å². The van der Waals surface area contributed by atoms with E-state index >= 15 is 0 Å². The standard InChI is InChI=1S/C14H21NO/c1-11-5-3-8-14(9-11)16-12(2)10-15-13-6-4-7-13/h3,5,8-9,12-13,15H,4,6-7,10H2,1-2H3. The summed E-state index contributed by atoms with van der Waals surface area (Å²) >= 11 is 0. The van der Waals surface area contributed by atoms with Crippen LogP contribution in [0.1, 0.15) is 31.7 Å². The number of ether oxygens (including phenoxy) is 1. The maximum atomic E-state index is 5.85. The Morgan fingerprint density at radius 2 is 2.25 bits per heavy atom. The highest BCUT2D eigenvalue weighted by atomic mass is 16.5. The van der Waals surface area contributed by atoms with Crippen LogP contribution in [-0.4, -0.2) is 18.7 Å². The van der Waals surface area contributed by atoms with E-state index in [1.54, 1.807) is 0 Å². The van der Waals surface area contributed by atoms with Crippen LogP contribution in [0.4, 0.5) is 0 Å². The van der Waals surface area contributed by atoms with Crippen LogP contribution in [0.3, 0.4) is 0 Å². The van der Waals surface area contributed by atoms with Gasteiger partial charge in [0.05, 0.1) is 0 Å². The summed E-state index contributed by atoms with van der Waals surface area (Å²) in [5, 5.41) is 3.53. The van der Waals surface area contributed by atoms with Crippen LogP contribution in [0.25, 0.3) is 0 Å². The summed E-state index contributed by atoms with van der Waals surface area (Å²) in [6, 6.07) is 8.97. The van der Waals surface area contributed by atoms with Crippen molar-refractivity contribution in [3.63, 3.8) is 0 Å². The van der Waals surface area contributed by atoms with E-state index in [1.807, 2.05) is 12.1 Å². The summed E-state index contributed by atoms with van der Waals surface area (Å²) in [6.45, 7) is 5.15. The predicted molar refractivity (Wildman–Crippen MR) is 66.9 cm³/mol. The Morgan fingerprint density at radius 1 is 1.44 bits per heavy atom. The van der Waals surface area contributed by atoms with Gasteiger partial charge < -0.3 is 10.1 Å². The van der Waals surface area contributed by atoms with Crippen molar-refractivity contribution >= 4 is 0 Å². The van der Waals surface area contributed by atoms with Crippen LogP contribution in [0.15, 0.2) is 24.3 Å². The number of aryl methyl sites for hydroxylation is 1.